The molecule has 1 aliphatic heterocycles. The van der Waals surface area contributed by atoms with Crippen molar-refractivity contribution in [1.29, 1.82) is 0 Å². The number of thiocarbonyl (C=S) groups is 1. The molecule has 0 aliphatic carbocycles. The van der Waals surface area contributed by atoms with Crippen molar-refractivity contribution in [3.8, 4) is 11.5 Å². The number of amides is 1. The van der Waals surface area contributed by atoms with Gasteiger partial charge in [0.25, 0.3) is 5.91 Å². The van der Waals surface area contributed by atoms with Gasteiger partial charge in [0.15, 0.2) is 11.5 Å². The average molecular weight is 294 g/mol. The van der Waals surface area contributed by atoms with Gasteiger partial charge >= 0.3 is 0 Å². The van der Waals surface area contributed by atoms with E-state index in [4.69, 9.17) is 27.4 Å². The molecule has 0 radical (unpaired) electrons. The van der Waals surface area contributed by atoms with Crippen LogP contribution < -0.4 is 20.5 Å². The number of hydrogen-bond donors (Lipinski definition) is 2. The van der Waals surface area contributed by atoms with E-state index in [0.29, 0.717) is 41.7 Å². The van der Waals surface area contributed by atoms with Gasteiger partial charge < -0.3 is 20.5 Å². The number of nitrogens with two attached hydrogens (primary N) is 1. The summed E-state index contributed by atoms with van der Waals surface area (Å²) in [6.07, 6.45) is 1.27. The van der Waals surface area contributed by atoms with Gasteiger partial charge in [-0.15, -0.1) is 0 Å². The summed E-state index contributed by atoms with van der Waals surface area (Å²) in [5.74, 6) is 1.11. The van der Waals surface area contributed by atoms with Gasteiger partial charge in [-0.2, -0.15) is 0 Å². The lowest BCUT2D eigenvalue weighted by Crippen LogP contribution is -2.37. The van der Waals surface area contributed by atoms with Crippen LogP contribution in [-0.4, -0.2) is 30.2 Å². The van der Waals surface area contributed by atoms with Gasteiger partial charge in [0.1, 0.15) is 13.2 Å². The Bertz CT molecular complexity index is 519. The molecule has 1 atom stereocenters. The van der Waals surface area contributed by atoms with Crippen molar-refractivity contribution in [2.75, 3.05) is 13.2 Å². The fourth-order valence-electron chi connectivity index (χ4n) is 1.99. The maximum Gasteiger partial charge on any atom is 0.251 e. The van der Waals surface area contributed by atoms with Crippen LogP contribution in [0.25, 0.3) is 0 Å². The average Bonchev–Trinajstić information content (AvgIpc) is 2.45. The van der Waals surface area contributed by atoms with Crippen LogP contribution in [0, 0.1) is 0 Å². The second-order valence-corrected chi connectivity index (χ2v) is 5.13. The molecule has 1 unspecified atom stereocenters. The first-order chi connectivity index (χ1) is 9.60. The minimum Gasteiger partial charge on any atom is -0.486 e. The molecule has 0 spiro atoms. The second kappa shape index (κ2) is 6.56. The third-order valence-corrected chi connectivity index (χ3v) is 3.25. The van der Waals surface area contributed by atoms with Gasteiger partial charge in [-0.05, 0) is 24.6 Å². The van der Waals surface area contributed by atoms with E-state index in [1.807, 2.05) is 6.92 Å². The van der Waals surface area contributed by atoms with Crippen molar-refractivity contribution in [3.05, 3.63) is 23.8 Å². The highest BCUT2D eigenvalue weighted by Gasteiger charge is 2.17. The molecule has 0 saturated heterocycles. The van der Waals surface area contributed by atoms with Crippen molar-refractivity contribution < 1.29 is 14.3 Å². The predicted octanol–water partition coefficient (Wildman–Crippen LogP) is 1.64. The quantitative estimate of drug-likeness (QED) is 0.808. The minimum atomic E-state index is -0.162. The molecule has 1 heterocycles. The van der Waals surface area contributed by atoms with Gasteiger partial charge in [0.05, 0.1) is 4.99 Å². The molecule has 108 valence electrons. The van der Waals surface area contributed by atoms with Crippen molar-refractivity contribution in [2.45, 2.75) is 25.8 Å². The lowest BCUT2D eigenvalue weighted by molar-refractivity contribution is 0.0936. The predicted molar refractivity (Wildman–Crippen MR) is 80.4 cm³/mol. The number of ether oxygens (including phenoxy) is 2. The van der Waals surface area contributed by atoms with Crippen molar-refractivity contribution in [2.24, 2.45) is 5.73 Å². The molecule has 5 nitrogen and oxygen atoms in total. The van der Waals surface area contributed by atoms with E-state index in [0.717, 1.165) is 6.42 Å². The Morgan fingerprint density at radius 3 is 2.75 bits per heavy atom. The Balaban J connectivity index is 2.06. The first-order valence-electron chi connectivity index (χ1n) is 6.59. The molecule has 1 amide bonds. The SMILES string of the molecule is CCC(CC(N)=S)NC(=O)c1ccc2c(c1)OCCO2. The van der Waals surface area contributed by atoms with Crippen LogP contribution >= 0.6 is 12.2 Å². The van der Waals surface area contributed by atoms with Crippen LogP contribution in [0.5, 0.6) is 11.5 Å². The maximum atomic E-state index is 12.2. The third kappa shape index (κ3) is 3.60. The molecule has 0 aromatic heterocycles. The molecule has 20 heavy (non-hydrogen) atoms. The van der Waals surface area contributed by atoms with Gasteiger partial charge in [0, 0.05) is 18.0 Å². The van der Waals surface area contributed by atoms with E-state index in [-0.39, 0.29) is 11.9 Å². The summed E-state index contributed by atoms with van der Waals surface area (Å²) in [7, 11) is 0. The summed E-state index contributed by atoms with van der Waals surface area (Å²) in [4.78, 5) is 12.6. The fourth-order valence-corrected chi connectivity index (χ4v) is 2.19. The van der Waals surface area contributed by atoms with Crippen LogP contribution in [-0.2, 0) is 0 Å². The van der Waals surface area contributed by atoms with E-state index < -0.39 is 0 Å². The highest BCUT2D eigenvalue weighted by atomic mass is 32.1. The first-order valence-corrected chi connectivity index (χ1v) is 6.99. The Kier molecular flexibility index (Phi) is 4.79. The minimum absolute atomic E-state index is 0.0480. The Morgan fingerprint density at radius 1 is 1.40 bits per heavy atom. The summed E-state index contributed by atoms with van der Waals surface area (Å²) in [6, 6.07) is 5.11. The van der Waals surface area contributed by atoms with Crippen LogP contribution in [0.2, 0.25) is 0 Å². The summed E-state index contributed by atoms with van der Waals surface area (Å²) < 4.78 is 10.9. The van der Waals surface area contributed by atoms with Gasteiger partial charge in [-0.3, -0.25) is 4.79 Å². The number of hydrogen-bond acceptors (Lipinski definition) is 4. The maximum absolute atomic E-state index is 12.2. The number of benzene rings is 1. The highest BCUT2D eigenvalue weighted by Crippen LogP contribution is 2.30. The molecule has 0 saturated carbocycles. The molecule has 0 fully saturated rings. The van der Waals surface area contributed by atoms with Crippen LogP contribution in [0.15, 0.2) is 18.2 Å². The topological polar surface area (TPSA) is 73.6 Å². The van der Waals surface area contributed by atoms with E-state index in [9.17, 15) is 4.79 Å². The largest absolute Gasteiger partial charge is 0.486 e. The van der Waals surface area contributed by atoms with E-state index in [2.05, 4.69) is 5.32 Å². The molecular weight excluding hydrogens is 276 g/mol. The van der Waals surface area contributed by atoms with Crippen LogP contribution in [0.1, 0.15) is 30.1 Å². The Hall–Kier alpha value is -1.82. The molecule has 1 aliphatic rings. The van der Waals surface area contributed by atoms with Gasteiger partial charge in [-0.25, -0.2) is 0 Å². The molecular formula is C14H18N2O3S. The lowest BCUT2D eigenvalue weighted by Gasteiger charge is -2.20. The summed E-state index contributed by atoms with van der Waals surface area (Å²) in [6.45, 7) is 3.01. The fraction of sp³-hybridized carbons (Fsp3) is 0.429. The lowest BCUT2D eigenvalue weighted by atomic mass is 10.1. The molecule has 1 aromatic rings. The van der Waals surface area contributed by atoms with E-state index in [1.54, 1.807) is 18.2 Å². The molecule has 2 rings (SSSR count). The van der Waals surface area contributed by atoms with Gasteiger partial charge in [0.2, 0.25) is 0 Å². The van der Waals surface area contributed by atoms with E-state index in [1.165, 1.54) is 0 Å². The van der Waals surface area contributed by atoms with E-state index >= 15 is 0 Å². The Labute approximate surface area is 123 Å². The molecule has 1 aromatic carbocycles. The number of fused-ring (bicyclic) bond motifs is 1. The first kappa shape index (κ1) is 14.6. The van der Waals surface area contributed by atoms with Crippen LogP contribution in [0.3, 0.4) is 0 Å². The number of rotatable bonds is 5. The molecule has 6 heteroatoms. The molecule has 0 bridgehead atoms. The zero-order valence-corrected chi connectivity index (χ0v) is 12.2. The van der Waals surface area contributed by atoms with Gasteiger partial charge in [-0.1, -0.05) is 19.1 Å². The van der Waals surface area contributed by atoms with Crippen LogP contribution in [0.4, 0.5) is 0 Å². The normalized spacial score (nSPS) is 14.4. The molecule has 3 N–H and O–H groups in total. The zero-order chi connectivity index (χ0) is 14.5. The zero-order valence-electron chi connectivity index (χ0n) is 11.3. The highest BCUT2D eigenvalue weighted by molar-refractivity contribution is 7.80. The number of carbonyl (C=O) groups is 1. The summed E-state index contributed by atoms with van der Waals surface area (Å²) in [5, 5.41) is 2.92. The summed E-state index contributed by atoms with van der Waals surface area (Å²) >= 11 is 4.88. The second-order valence-electron chi connectivity index (χ2n) is 4.61. The monoisotopic (exact) mass is 294 g/mol. The standard InChI is InChI=1S/C14H18N2O3S/c1-2-10(8-13(15)20)16-14(17)9-3-4-11-12(7-9)19-6-5-18-11/h3-4,7,10H,2,5-6,8H2,1H3,(H2,15,20)(H,16,17). The van der Waals surface area contributed by atoms with Crippen molar-refractivity contribution in [3.63, 3.8) is 0 Å². The number of nitrogens with one attached hydrogen (secondary N) is 1. The Morgan fingerprint density at radius 2 is 2.10 bits per heavy atom. The third-order valence-electron chi connectivity index (χ3n) is 3.08. The number of carbonyl (C=O) groups excluding carboxylic acids is 1. The van der Waals surface area contributed by atoms with Crippen molar-refractivity contribution in [1.82, 2.24) is 5.32 Å². The van der Waals surface area contributed by atoms with Crippen molar-refractivity contribution >= 4 is 23.1 Å². The smallest absolute Gasteiger partial charge is 0.251 e. The summed E-state index contributed by atoms with van der Waals surface area (Å²) in [5.41, 5.74) is 6.06.